The Labute approximate surface area is 164 Å². The highest BCUT2D eigenvalue weighted by Gasteiger charge is 2.37. The molecule has 2 amide bonds. The molecule has 3 rings (SSSR count). The molecule has 1 aromatic rings. The van der Waals surface area contributed by atoms with Crippen molar-refractivity contribution < 1.29 is 24.2 Å². The minimum Gasteiger partial charge on any atom is -0.481 e. The van der Waals surface area contributed by atoms with E-state index in [9.17, 15) is 19.5 Å². The van der Waals surface area contributed by atoms with Gasteiger partial charge in [0.1, 0.15) is 0 Å². The highest BCUT2D eigenvalue weighted by Crippen LogP contribution is 2.35. The third kappa shape index (κ3) is 4.42. The van der Waals surface area contributed by atoms with Crippen LogP contribution < -0.4 is 5.32 Å². The maximum atomic E-state index is 12.7. The molecule has 0 radical (unpaired) electrons. The number of hydrogen-bond acceptors (Lipinski definition) is 4. The zero-order chi connectivity index (χ0) is 20.3. The van der Waals surface area contributed by atoms with E-state index in [2.05, 4.69) is 5.32 Å². The minimum absolute atomic E-state index is 0.0596. The molecule has 150 valence electrons. The molecule has 0 spiro atoms. The lowest BCUT2D eigenvalue weighted by molar-refractivity contribution is -0.146. The number of nitrogens with zero attached hydrogens (tertiary/aromatic N) is 1. The van der Waals surface area contributed by atoms with Gasteiger partial charge in [0, 0.05) is 24.3 Å². The van der Waals surface area contributed by atoms with Gasteiger partial charge in [0.2, 0.25) is 5.91 Å². The molecule has 0 bridgehead atoms. The summed E-state index contributed by atoms with van der Waals surface area (Å²) in [5.41, 5.74) is 3.22. The Morgan fingerprint density at radius 3 is 2.14 bits per heavy atom. The lowest BCUT2D eigenvalue weighted by atomic mass is 9.76. The van der Waals surface area contributed by atoms with Gasteiger partial charge in [0.15, 0.2) is 0 Å². The van der Waals surface area contributed by atoms with Crippen molar-refractivity contribution >= 4 is 23.5 Å². The zero-order valence-corrected chi connectivity index (χ0v) is 16.2. The summed E-state index contributed by atoms with van der Waals surface area (Å²) in [6.07, 6.45) is 0.842. The van der Waals surface area contributed by atoms with Crippen LogP contribution in [0.15, 0.2) is 35.4 Å². The number of amides is 2. The molecule has 7 nitrogen and oxygen atoms in total. The van der Waals surface area contributed by atoms with E-state index in [1.807, 2.05) is 13.8 Å². The van der Waals surface area contributed by atoms with Crippen molar-refractivity contribution in [3.63, 3.8) is 0 Å². The van der Waals surface area contributed by atoms with Crippen LogP contribution in [-0.2, 0) is 14.3 Å². The van der Waals surface area contributed by atoms with Gasteiger partial charge in [0.25, 0.3) is 5.91 Å². The Hall–Kier alpha value is -2.67. The summed E-state index contributed by atoms with van der Waals surface area (Å²) in [6.45, 7) is 6.09. The highest BCUT2D eigenvalue weighted by atomic mass is 16.5. The van der Waals surface area contributed by atoms with Crippen molar-refractivity contribution in [1.82, 2.24) is 4.90 Å². The summed E-state index contributed by atoms with van der Waals surface area (Å²) in [5, 5.41) is 12.3. The quantitative estimate of drug-likeness (QED) is 0.776. The molecule has 1 saturated heterocycles. The number of carboxylic acids is 1. The first kappa shape index (κ1) is 20.1. The summed E-state index contributed by atoms with van der Waals surface area (Å²) >= 11 is 0. The Bertz CT molecular complexity index is 794. The van der Waals surface area contributed by atoms with Crippen molar-refractivity contribution in [2.75, 3.05) is 31.6 Å². The van der Waals surface area contributed by atoms with Crippen LogP contribution in [0.1, 0.15) is 37.0 Å². The highest BCUT2D eigenvalue weighted by molar-refractivity contribution is 5.97. The van der Waals surface area contributed by atoms with Gasteiger partial charge in [-0.05, 0) is 51.0 Å². The molecule has 28 heavy (non-hydrogen) atoms. The van der Waals surface area contributed by atoms with E-state index in [-0.39, 0.29) is 11.8 Å². The molecule has 2 aliphatic rings. The molecule has 1 aliphatic heterocycles. The van der Waals surface area contributed by atoms with Crippen LogP contribution in [0.3, 0.4) is 0 Å². The van der Waals surface area contributed by atoms with Crippen molar-refractivity contribution in [3.8, 4) is 0 Å². The van der Waals surface area contributed by atoms with Gasteiger partial charge in [0.05, 0.1) is 25.0 Å². The Kier molecular flexibility index (Phi) is 6.14. The van der Waals surface area contributed by atoms with Crippen LogP contribution in [0.2, 0.25) is 0 Å². The minimum atomic E-state index is -0.946. The summed E-state index contributed by atoms with van der Waals surface area (Å²) in [5.74, 6) is -2.62. The van der Waals surface area contributed by atoms with Gasteiger partial charge < -0.3 is 20.1 Å². The van der Waals surface area contributed by atoms with Gasteiger partial charge in [-0.1, -0.05) is 11.1 Å². The van der Waals surface area contributed by atoms with Gasteiger partial charge in [-0.3, -0.25) is 14.4 Å². The normalized spacial score (nSPS) is 22.7. The van der Waals surface area contributed by atoms with Gasteiger partial charge >= 0.3 is 5.97 Å². The van der Waals surface area contributed by atoms with Crippen LogP contribution in [0.25, 0.3) is 0 Å². The van der Waals surface area contributed by atoms with Crippen LogP contribution >= 0.6 is 0 Å². The van der Waals surface area contributed by atoms with E-state index in [1.54, 1.807) is 29.2 Å². The van der Waals surface area contributed by atoms with Gasteiger partial charge in [-0.25, -0.2) is 0 Å². The predicted octanol–water partition coefficient (Wildman–Crippen LogP) is 2.54. The summed E-state index contributed by atoms with van der Waals surface area (Å²) in [6, 6.07) is 6.72. The fourth-order valence-electron chi connectivity index (χ4n) is 3.71. The fourth-order valence-corrected chi connectivity index (χ4v) is 3.71. The largest absolute Gasteiger partial charge is 0.481 e. The number of allylic oxidation sites excluding steroid dienone is 2. The molecule has 2 atom stereocenters. The molecule has 7 heteroatoms. The molecular weight excluding hydrogens is 360 g/mol. The summed E-state index contributed by atoms with van der Waals surface area (Å²) in [7, 11) is 0. The number of aliphatic carboxylic acids is 1. The van der Waals surface area contributed by atoms with Gasteiger partial charge in [-0.15, -0.1) is 0 Å². The second-order valence-electron chi connectivity index (χ2n) is 7.49. The number of carbonyl (C=O) groups excluding carboxylic acids is 2. The average molecular weight is 386 g/mol. The first-order valence-electron chi connectivity index (χ1n) is 9.53. The molecule has 1 fully saturated rings. The maximum absolute atomic E-state index is 12.7. The van der Waals surface area contributed by atoms with Crippen molar-refractivity contribution in [2.45, 2.75) is 26.7 Å². The number of carbonyl (C=O) groups is 3. The molecule has 1 aliphatic carbocycles. The number of morpholine rings is 1. The Morgan fingerprint density at radius 2 is 1.57 bits per heavy atom. The van der Waals surface area contributed by atoms with E-state index >= 15 is 0 Å². The molecule has 0 unspecified atom stereocenters. The predicted molar refractivity (Wildman–Crippen MR) is 104 cm³/mol. The average Bonchev–Trinajstić information content (AvgIpc) is 2.70. The lowest BCUT2D eigenvalue weighted by Gasteiger charge is -2.29. The van der Waals surface area contributed by atoms with Crippen LogP contribution in [0.4, 0.5) is 5.69 Å². The van der Waals surface area contributed by atoms with E-state index < -0.39 is 17.8 Å². The van der Waals surface area contributed by atoms with E-state index in [4.69, 9.17) is 4.74 Å². The maximum Gasteiger partial charge on any atom is 0.307 e. The molecule has 1 aromatic carbocycles. The van der Waals surface area contributed by atoms with Crippen LogP contribution in [-0.4, -0.2) is 54.1 Å². The first-order valence-corrected chi connectivity index (χ1v) is 9.53. The lowest BCUT2D eigenvalue weighted by Crippen LogP contribution is -2.40. The van der Waals surface area contributed by atoms with Crippen LogP contribution in [0, 0.1) is 11.8 Å². The van der Waals surface area contributed by atoms with Crippen LogP contribution in [0.5, 0.6) is 0 Å². The molecule has 0 aromatic heterocycles. The Balaban J connectivity index is 1.67. The number of ether oxygens (including phenoxy) is 1. The molecule has 1 heterocycles. The fraction of sp³-hybridized carbons (Fsp3) is 0.476. The van der Waals surface area contributed by atoms with Crippen molar-refractivity contribution in [2.24, 2.45) is 11.8 Å². The molecular formula is C21H26N2O5. The second-order valence-corrected chi connectivity index (χ2v) is 7.49. The van der Waals surface area contributed by atoms with Crippen molar-refractivity contribution in [1.29, 1.82) is 0 Å². The SMILES string of the molecule is CC1=C(C)C[C@H](C(=O)Nc2ccc(C(=O)N3CCOCC3)cc2)[C@@H](C(=O)O)C1. The number of anilines is 1. The van der Waals surface area contributed by atoms with E-state index in [0.717, 1.165) is 11.1 Å². The number of carboxylic acid groups (broad SMARTS) is 1. The standard InChI is InChI=1S/C21H26N2O5/c1-13-11-17(18(21(26)27)12-14(13)2)19(24)22-16-5-3-15(4-6-16)20(25)23-7-9-28-10-8-23/h3-6,17-18H,7-12H2,1-2H3,(H,22,24)(H,26,27)/t17-,18-/m0/s1. The summed E-state index contributed by atoms with van der Waals surface area (Å²) in [4.78, 5) is 38.5. The monoisotopic (exact) mass is 386 g/mol. The number of benzene rings is 1. The number of nitrogens with one attached hydrogen (secondary N) is 1. The summed E-state index contributed by atoms with van der Waals surface area (Å²) < 4.78 is 5.26. The smallest absolute Gasteiger partial charge is 0.307 e. The first-order chi connectivity index (χ1) is 13.4. The topological polar surface area (TPSA) is 95.9 Å². The van der Waals surface area contributed by atoms with E-state index in [0.29, 0.717) is 50.4 Å². The Morgan fingerprint density at radius 1 is 1.00 bits per heavy atom. The van der Waals surface area contributed by atoms with Gasteiger partial charge in [-0.2, -0.15) is 0 Å². The van der Waals surface area contributed by atoms with E-state index in [1.165, 1.54) is 0 Å². The third-order valence-electron chi connectivity index (χ3n) is 5.62. The number of rotatable bonds is 4. The third-order valence-corrected chi connectivity index (χ3v) is 5.62. The molecule has 0 saturated carbocycles. The van der Waals surface area contributed by atoms with Crippen molar-refractivity contribution in [3.05, 3.63) is 41.0 Å². The molecule has 2 N–H and O–H groups in total. The zero-order valence-electron chi connectivity index (χ0n) is 16.2. The number of hydrogen-bond donors (Lipinski definition) is 2. The second kappa shape index (κ2) is 8.56.